The summed E-state index contributed by atoms with van der Waals surface area (Å²) in [5.74, 6) is -4.46. The molecule has 1 aromatic heterocycles. The quantitative estimate of drug-likeness (QED) is 0.878. The SMILES string of the molecule is Nc1nc2c(Cl)cccc2n1CC(F)(F)C(F)F. The van der Waals surface area contributed by atoms with Crippen molar-refractivity contribution in [2.24, 2.45) is 0 Å². The summed E-state index contributed by atoms with van der Waals surface area (Å²) < 4.78 is 51.2. The van der Waals surface area contributed by atoms with Crippen molar-refractivity contribution < 1.29 is 17.6 Å². The molecule has 3 nitrogen and oxygen atoms in total. The van der Waals surface area contributed by atoms with Crippen LogP contribution in [0.4, 0.5) is 23.5 Å². The molecule has 0 radical (unpaired) electrons. The highest BCUT2D eigenvalue weighted by Gasteiger charge is 2.41. The number of hydrogen-bond donors (Lipinski definition) is 1. The van der Waals surface area contributed by atoms with Crippen molar-refractivity contribution in [1.29, 1.82) is 0 Å². The number of fused-ring (bicyclic) bond motifs is 1. The Bertz CT molecular complexity index is 582. The van der Waals surface area contributed by atoms with E-state index in [4.69, 9.17) is 17.3 Å². The fourth-order valence-electron chi connectivity index (χ4n) is 1.58. The van der Waals surface area contributed by atoms with E-state index in [0.717, 1.165) is 4.57 Å². The molecule has 0 aliphatic carbocycles. The number of aromatic nitrogens is 2. The van der Waals surface area contributed by atoms with Gasteiger partial charge >= 0.3 is 12.3 Å². The molecule has 2 rings (SSSR count). The number of nitrogen functional groups attached to an aromatic ring is 1. The molecule has 0 unspecified atom stereocenters. The summed E-state index contributed by atoms with van der Waals surface area (Å²) in [6.07, 6.45) is -3.77. The zero-order chi connectivity index (χ0) is 13.5. The summed E-state index contributed by atoms with van der Waals surface area (Å²) in [5.41, 5.74) is 5.85. The fraction of sp³-hybridized carbons (Fsp3) is 0.300. The van der Waals surface area contributed by atoms with E-state index in [1.54, 1.807) is 0 Å². The number of anilines is 1. The molecule has 0 aliphatic rings. The summed E-state index contributed by atoms with van der Waals surface area (Å²) in [7, 11) is 0. The van der Waals surface area contributed by atoms with Crippen LogP contribution in [0.25, 0.3) is 11.0 Å². The molecule has 0 spiro atoms. The van der Waals surface area contributed by atoms with Gasteiger partial charge in [0.25, 0.3) is 0 Å². The Morgan fingerprint density at radius 2 is 2.06 bits per heavy atom. The first-order valence-electron chi connectivity index (χ1n) is 4.89. The minimum absolute atomic E-state index is 0.195. The van der Waals surface area contributed by atoms with Crippen molar-refractivity contribution in [2.75, 3.05) is 5.73 Å². The van der Waals surface area contributed by atoms with E-state index in [0.29, 0.717) is 0 Å². The molecule has 0 aliphatic heterocycles. The first-order chi connectivity index (χ1) is 8.33. The topological polar surface area (TPSA) is 43.8 Å². The van der Waals surface area contributed by atoms with E-state index < -0.39 is 18.9 Å². The zero-order valence-corrected chi connectivity index (χ0v) is 9.63. The van der Waals surface area contributed by atoms with Gasteiger partial charge < -0.3 is 10.3 Å². The predicted molar refractivity (Wildman–Crippen MR) is 60.1 cm³/mol. The van der Waals surface area contributed by atoms with Gasteiger partial charge in [-0.3, -0.25) is 0 Å². The van der Waals surface area contributed by atoms with E-state index in [9.17, 15) is 17.6 Å². The second-order valence-electron chi connectivity index (χ2n) is 3.73. The van der Waals surface area contributed by atoms with Crippen LogP contribution in [0.3, 0.4) is 0 Å². The molecule has 98 valence electrons. The predicted octanol–water partition coefficient (Wildman–Crippen LogP) is 3.17. The summed E-state index contributed by atoms with van der Waals surface area (Å²) in [6.45, 7) is -1.24. The molecule has 0 bridgehead atoms. The van der Waals surface area contributed by atoms with Crippen molar-refractivity contribution in [3.63, 3.8) is 0 Å². The molecule has 1 aromatic carbocycles. The fourth-order valence-corrected chi connectivity index (χ4v) is 1.79. The Labute approximate surface area is 104 Å². The molecule has 0 saturated carbocycles. The van der Waals surface area contributed by atoms with Gasteiger partial charge in [0.05, 0.1) is 17.1 Å². The Kier molecular flexibility index (Phi) is 3.10. The second-order valence-corrected chi connectivity index (χ2v) is 4.13. The van der Waals surface area contributed by atoms with Crippen molar-refractivity contribution in [2.45, 2.75) is 18.9 Å². The van der Waals surface area contributed by atoms with Crippen LogP contribution in [-0.2, 0) is 6.54 Å². The summed E-state index contributed by atoms with van der Waals surface area (Å²) >= 11 is 5.81. The van der Waals surface area contributed by atoms with Crippen LogP contribution >= 0.6 is 11.6 Å². The van der Waals surface area contributed by atoms with Gasteiger partial charge in [0.15, 0.2) is 0 Å². The summed E-state index contributed by atoms with van der Waals surface area (Å²) in [4.78, 5) is 3.79. The first-order valence-corrected chi connectivity index (χ1v) is 5.27. The molecular formula is C10H8ClF4N3. The number of para-hydroxylation sites is 1. The highest BCUT2D eigenvalue weighted by molar-refractivity contribution is 6.35. The zero-order valence-electron chi connectivity index (χ0n) is 8.88. The number of imidazole rings is 1. The maximum Gasteiger partial charge on any atom is 0.324 e. The van der Waals surface area contributed by atoms with Crippen LogP contribution in [0.2, 0.25) is 5.02 Å². The van der Waals surface area contributed by atoms with Gasteiger partial charge in [-0.2, -0.15) is 8.78 Å². The van der Waals surface area contributed by atoms with Gasteiger partial charge in [-0.15, -0.1) is 0 Å². The third-order valence-corrected chi connectivity index (χ3v) is 2.75. The van der Waals surface area contributed by atoms with Crippen LogP contribution in [-0.4, -0.2) is 21.9 Å². The lowest BCUT2D eigenvalue weighted by molar-refractivity contribution is -0.136. The minimum Gasteiger partial charge on any atom is -0.369 e. The Hall–Kier alpha value is -1.50. The maximum absolute atomic E-state index is 13.0. The molecule has 2 aromatic rings. The van der Waals surface area contributed by atoms with Gasteiger partial charge in [0.2, 0.25) is 5.95 Å². The third kappa shape index (κ3) is 2.10. The number of hydrogen-bond acceptors (Lipinski definition) is 2. The van der Waals surface area contributed by atoms with E-state index >= 15 is 0 Å². The van der Waals surface area contributed by atoms with E-state index in [1.165, 1.54) is 18.2 Å². The Balaban J connectivity index is 2.52. The number of nitrogens with two attached hydrogens (primary N) is 1. The summed E-state index contributed by atoms with van der Waals surface area (Å²) in [5, 5.41) is 0.221. The molecule has 0 atom stereocenters. The highest BCUT2D eigenvalue weighted by Crippen LogP contribution is 2.30. The normalized spacial score (nSPS) is 12.6. The molecule has 0 amide bonds. The third-order valence-electron chi connectivity index (χ3n) is 2.45. The molecule has 0 saturated heterocycles. The van der Waals surface area contributed by atoms with Crippen LogP contribution in [0.5, 0.6) is 0 Å². The number of halogens is 5. The highest BCUT2D eigenvalue weighted by atomic mass is 35.5. The lowest BCUT2D eigenvalue weighted by atomic mass is 10.3. The van der Waals surface area contributed by atoms with E-state index in [-0.39, 0.29) is 22.0 Å². The van der Waals surface area contributed by atoms with Crippen molar-refractivity contribution in [3.05, 3.63) is 23.2 Å². The lowest BCUT2D eigenvalue weighted by Crippen LogP contribution is -2.32. The number of nitrogens with zero attached hydrogens (tertiary/aromatic N) is 2. The molecule has 1 heterocycles. The van der Waals surface area contributed by atoms with Crippen LogP contribution < -0.4 is 5.73 Å². The van der Waals surface area contributed by atoms with Gasteiger partial charge in [-0.1, -0.05) is 17.7 Å². The van der Waals surface area contributed by atoms with Gasteiger partial charge in [-0.05, 0) is 12.1 Å². The molecule has 0 fully saturated rings. The Morgan fingerprint density at radius 1 is 1.39 bits per heavy atom. The second kappa shape index (κ2) is 4.31. The van der Waals surface area contributed by atoms with Crippen molar-refractivity contribution in [1.82, 2.24) is 9.55 Å². The number of alkyl halides is 4. The van der Waals surface area contributed by atoms with Crippen molar-refractivity contribution >= 4 is 28.6 Å². The summed E-state index contributed by atoms with van der Waals surface area (Å²) in [6, 6.07) is 4.45. The van der Waals surface area contributed by atoms with E-state index in [2.05, 4.69) is 4.98 Å². The largest absolute Gasteiger partial charge is 0.369 e. The average molecular weight is 282 g/mol. The minimum atomic E-state index is -4.18. The monoisotopic (exact) mass is 281 g/mol. The lowest BCUT2D eigenvalue weighted by Gasteiger charge is -2.16. The standard InChI is InChI=1S/C10H8ClF4N3/c11-5-2-1-3-6-7(5)17-9(16)18(6)4-10(14,15)8(12)13/h1-3,8H,4H2,(H2,16,17). The first kappa shape index (κ1) is 12.9. The maximum atomic E-state index is 13.0. The van der Waals surface area contributed by atoms with Gasteiger partial charge in [-0.25, -0.2) is 13.8 Å². The van der Waals surface area contributed by atoms with Crippen LogP contribution in [0, 0.1) is 0 Å². The molecular weight excluding hydrogens is 274 g/mol. The van der Waals surface area contributed by atoms with Crippen LogP contribution in [0.15, 0.2) is 18.2 Å². The van der Waals surface area contributed by atoms with E-state index in [1.807, 2.05) is 0 Å². The smallest absolute Gasteiger partial charge is 0.324 e. The molecule has 2 N–H and O–H groups in total. The van der Waals surface area contributed by atoms with Crippen molar-refractivity contribution in [3.8, 4) is 0 Å². The van der Waals surface area contributed by atoms with Gasteiger partial charge in [0, 0.05) is 0 Å². The molecule has 18 heavy (non-hydrogen) atoms. The van der Waals surface area contributed by atoms with Gasteiger partial charge in [0.1, 0.15) is 5.52 Å². The van der Waals surface area contributed by atoms with Crippen LogP contribution in [0.1, 0.15) is 0 Å². The molecule has 8 heteroatoms. The Morgan fingerprint density at radius 3 is 2.67 bits per heavy atom. The number of benzene rings is 1. The average Bonchev–Trinajstić information content (AvgIpc) is 2.57. The number of rotatable bonds is 3.